The Bertz CT molecular complexity index is 277. The molecular formula is C20H37BrO2. The SMILES string of the molecule is CC(=O)OCCCCCCCCCCCCCC/C=C\CCBr. The maximum Gasteiger partial charge on any atom is 0.302 e. The molecule has 23 heavy (non-hydrogen) atoms. The average molecular weight is 389 g/mol. The number of unbranched alkanes of at least 4 members (excludes halogenated alkanes) is 12. The molecule has 0 aliphatic heterocycles. The van der Waals surface area contributed by atoms with Crippen molar-refractivity contribution in [2.45, 2.75) is 96.8 Å². The fourth-order valence-electron chi connectivity index (χ4n) is 2.65. The van der Waals surface area contributed by atoms with Crippen molar-refractivity contribution in [2.24, 2.45) is 0 Å². The van der Waals surface area contributed by atoms with Crippen LogP contribution in [-0.4, -0.2) is 17.9 Å². The molecule has 2 nitrogen and oxygen atoms in total. The monoisotopic (exact) mass is 388 g/mol. The Morgan fingerprint density at radius 3 is 1.65 bits per heavy atom. The van der Waals surface area contributed by atoms with Gasteiger partial charge in [-0.05, 0) is 25.7 Å². The molecule has 0 fully saturated rings. The third-order valence-electron chi connectivity index (χ3n) is 4.01. The lowest BCUT2D eigenvalue weighted by Gasteiger charge is -2.03. The van der Waals surface area contributed by atoms with Gasteiger partial charge in [0, 0.05) is 12.3 Å². The summed E-state index contributed by atoms with van der Waals surface area (Å²) in [6.07, 6.45) is 23.0. The van der Waals surface area contributed by atoms with E-state index >= 15 is 0 Å². The lowest BCUT2D eigenvalue weighted by Crippen LogP contribution is -2.00. The maximum absolute atomic E-state index is 10.6. The van der Waals surface area contributed by atoms with Crippen molar-refractivity contribution < 1.29 is 9.53 Å². The summed E-state index contributed by atoms with van der Waals surface area (Å²) in [6.45, 7) is 2.07. The molecule has 0 saturated heterocycles. The van der Waals surface area contributed by atoms with E-state index in [9.17, 15) is 4.79 Å². The van der Waals surface area contributed by atoms with E-state index in [1.54, 1.807) is 0 Å². The zero-order valence-electron chi connectivity index (χ0n) is 15.2. The van der Waals surface area contributed by atoms with Crippen LogP contribution in [0, 0.1) is 0 Å². The van der Waals surface area contributed by atoms with Crippen LogP contribution in [0.25, 0.3) is 0 Å². The third-order valence-corrected chi connectivity index (χ3v) is 4.47. The highest BCUT2D eigenvalue weighted by atomic mass is 79.9. The van der Waals surface area contributed by atoms with Crippen LogP contribution in [0.1, 0.15) is 96.8 Å². The van der Waals surface area contributed by atoms with E-state index in [0.29, 0.717) is 6.61 Å². The zero-order valence-corrected chi connectivity index (χ0v) is 16.7. The fourth-order valence-corrected chi connectivity index (χ4v) is 2.91. The van der Waals surface area contributed by atoms with Crippen LogP contribution in [0.2, 0.25) is 0 Å². The Morgan fingerprint density at radius 1 is 0.739 bits per heavy atom. The largest absolute Gasteiger partial charge is 0.466 e. The first-order chi connectivity index (χ1) is 11.3. The maximum atomic E-state index is 10.6. The molecule has 0 amide bonds. The van der Waals surface area contributed by atoms with Gasteiger partial charge in [0.15, 0.2) is 0 Å². The van der Waals surface area contributed by atoms with Crippen LogP contribution >= 0.6 is 15.9 Å². The van der Waals surface area contributed by atoms with Crippen molar-refractivity contribution in [3.63, 3.8) is 0 Å². The number of rotatable bonds is 17. The molecule has 0 rings (SSSR count). The second kappa shape index (κ2) is 19.7. The summed E-state index contributed by atoms with van der Waals surface area (Å²) < 4.78 is 4.92. The molecule has 3 heteroatoms. The molecule has 0 aromatic heterocycles. The Labute approximate surface area is 152 Å². The van der Waals surface area contributed by atoms with Crippen molar-refractivity contribution in [3.05, 3.63) is 12.2 Å². The molecule has 136 valence electrons. The number of halogens is 1. The molecule has 0 aromatic carbocycles. The van der Waals surface area contributed by atoms with E-state index in [2.05, 4.69) is 28.1 Å². The Balaban J connectivity index is 3.01. The highest BCUT2D eigenvalue weighted by Crippen LogP contribution is 2.12. The van der Waals surface area contributed by atoms with Gasteiger partial charge in [0.2, 0.25) is 0 Å². The number of carbonyl (C=O) groups excluding carboxylic acids is 1. The van der Waals surface area contributed by atoms with Crippen molar-refractivity contribution in [1.29, 1.82) is 0 Å². The van der Waals surface area contributed by atoms with Crippen LogP contribution in [0.3, 0.4) is 0 Å². The topological polar surface area (TPSA) is 26.3 Å². The van der Waals surface area contributed by atoms with Crippen LogP contribution in [0.5, 0.6) is 0 Å². The lowest BCUT2D eigenvalue weighted by molar-refractivity contribution is -0.141. The van der Waals surface area contributed by atoms with Crippen LogP contribution in [-0.2, 0) is 9.53 Å². The zero-order chi connectivity index (χ0) is 17.0. The van der Waals surface area contributed by atoms with Crippen LogP contribution < -0.4 is 0 Å². The van der Waals surface area contributed by atoms with E-state index < -0.39 is 0 Å². The Morgan fingerprint density at radius 2 is 1.17 bits per heavy atom. The van der Waals surface area contributed by atoms with Crippen molar-refractivity contribution >= 4 is 21.9 Å². The second-order valence-electron chi connectivity index (χ2n) is 6.32. The number of ether oxygens (including phenoxy) is 1. The second-order valence-corrected chi connectivity index (χ2v) is 7.11. The molecule has 0 N–H and O–H groups in total. The highest BCUT2D eigenvalue weighted by molar-refractivity contribution is 9.09. The standard InChI is InChI=1S/C20H37BrO2/c1-20(22)23-19-17-15-13-11-9-7-5-3-2-4-6-8-10-12-14-16-18-21/h12,14H,2-11,13,15-19H2,1H3/b14-12-. The highest BCUT2D eigenvalue weighted by Gasteiger charge is 1.95. The Kier molecular flexibility index (Phi) is 19.5. The van der Waals surface area contributed by atoms with Gasteiger partial charge in [0.05, 0.1) is 6.61 Å². The molecule has 0 aliphatic carbocycles. The van der Waals surface area contributed by atoms with Gasteiger partial charge < -0.3 is 4.74 Å². The summed E-state index contributed by atoms with van der Waals surface area (Å²) in [5.41, 5.74) is 0. The summed E-state index contributed by atoms with van der Waals surface area (Å²) in [5, 5.41) is 1.08. The summed E-state index contributed by atoms with van der Waals surface area (Å²) in [6, 6.07) is 0. The predicted octanol–water partition coefficient (Wildman–Crippen LogP) is 6.96. The van der Waals surface area contributed by atoms with Gasteiger partial charge in [0.1, 0.15) is 0 Å². The first-order valence-electron chi connectivity index (χ1n) is 9.61. The van der Waals surface area contributed by atoms with Crippen molar-refractivity contribution in [1.82, 2.24) is 0 Å². The van der Waals surface area contributed by atoms with Gasteiger partial charge >= 0.3 is 5.97 Å². The lowest BCUT2D eigenvalue weighted by atomic mass is 10.0. The average Bonchev–Trinajstić information content (AvgIpc) is 2.53. The van der Waals surface area contributed by atoms with E-state index in [4.69, 9.17) is 4.74 Å². The van der Waals surface area contributed by atoms with Gasteiger partial charge in [-0.2, -0.15) is 0 Å². The normalized spacial score (nSPS) is 11.2. The van der Waals surface area contributed by atoms with E-state index in [1.165, 1.54) is 84.0 Å². The Hall–Kier alpha value is -0.310. The summed E-state index contributed by atoms with van der Waals surface area (Å²) >= 11 is 3.43. The van der Waals surface area contributed by atoms with Gasteiger partial charge in [0.25, 0.3) is 0 Å². The van der Waals surface area contributed by atoms with Gasteiger partial charge in [-0.3, -0.25) is 4.79 Å². The molecule has 0 radical (unpaired) electrons. The fraction of sp³-hybridized carbons (Fsp3) is 0.850. The number of alkyl halides is 1. The first-order valence-corrected chi connectivity index (χ1v) is 10.7. The molecular weight excluding hydrogens is 352 g/mol. The molecule has 0 spiro atoms. The van der Waals surface area contributed by atoms with Gasteiger partial charge in [-0.1, -0.05) is 92.3 Å². The summed E-state index contributed by atoms with van der Waals surface area (Å²) in [4.78, 5) is 10.6. The summed E-state index contributed by atoms with van der Waals surface area (Å²) in [7, 11) is 0. The van der Waals surface area contributed by atoms with Crippen molar-refractivity contribution in [3.8, 4) is 0 Å². The van der Waals surface area contributed by atoms with Crippen LogP contribution in [0.4, 0.5) is 0 Å². The van der Waals surface area contributed by atoms with Crippen molar-refractivity contribution in [2.75, 3.05) is 11.9 Å². The number of hydrogen-bond donors (Lipinski definition) is 0. The van der Waals surface area contributed by atoms with E-state index in [0.717, 1.165) is 18.2 Å². The molecule has 0 heterocycles. The quantitative estimate of drug-likeness (QED) is 0.116. The number of esters is 1. The van der Waals surface area contributed by atoms with Gasteiger partial charge in [-0.25, -0.2) is 0 Å². The molecule has 0 unspecified atom stereocenters. The molecule has 0 aromatic rings. The van der Waals surface area contributed by atoms with Gasteiger partial charge in [-0.15, -0.1) is 0 Å². The minimum Gasteiger partial charge on any atom is -0.466 e. The molecule has 0 bridgehead atoms. The third kappa shape index (κ3) is 21.7. The minimum atomic E-state index is -0.156. The van der Waals surface area contributed by atoms with E-state index in [1.807, 2.05) is 0 Å². The molecule has 0 aliphatic rings. The number of hydrogen-bond acceptors (Lipinski definition) is 2. The van der Waals surface area contributed by atoms with E-state index in [-0.39, 0.29) is 5.97 Å². The van der Waals surface area contributed by atoms with Crippen LogP contribution in [0.15, 0.2) is 12.2 Å². The predicted molar refractivity (Wildman–Crippen MR) is 104 cm³/mol. The smallest absolute Gasteiger partial charge is 0.302 e. The molecule has 0 saturated carbocycles. The summed E-state index contributed by atoms with van der Waals surface area (Å²) in [5.74, 6) is -0.156. The first kappa shape index (κ1) is 22.7. The molecule has 0 atom stereocenters. The number of carbonyl (C=O) groups is 1. The minimum absolute atomic E-state index is 0.156. The number of allylic oxidation sites excluding steroid dienone is 2.